The highest BCUT2D eigenvalue weighted by Crippen LogP contribution is 2.70. The molecule has 0 bridgehead atoms. The number of Topliss-reactive ketones (excluding diaryl/α,β-unsaturated/α-hetero) is 1. The van der Waals surface area contributed by atoms with Crippen LogP contribution in [0.1, 0.15) is 63.7 Å². The van der Waals surface area contributed by atoms with Crippen molar-refractivity contribution >= 4 is 39.0 Å². The van der Waals surface area contributed by atoms with E-state index < -0.39 is 34.4 Å². The summed E-state index contributed by atoms with van der Waals surface area (Å²) in [6.45, 7) is 7.67. The molecule has 4 aliphatic carbocycles. The summed E-state index contributed by atoms with van der Waals surface area (Å²) >= 11 is 1.46. The minimum absolute atomic E-state index is 0.00376. The number of ketones is 2. The third kappa shape index (κ3) is 3.75. The zero-order valence-corrected chi connectivity index (χ0v) is 24.6. The molecule has 9 heteroatoms. The molecule has 1 aliphatic heterocycles. The van der Waals surface area contributed by atoms with Gasteiger partial charge in [-0.25, -0.2) is 4.98 Å². The standard InChI is InChI=1S/C32H36N2O6S/c1-29(2)39-26-13-21-20-7-6-18-12-19(35)9-10-30(18,3)27(20)23(36)14-31(21,4)32(26,40-29)25(37)15-33-28(38)17-5-8-22-24(11-17)41-16-34-22/h5,8-12,16,20-21,23,26-27,36H,6-7,13-15H2,1-4H3,(H,33,38)/t20?,21?,23-,26-,27?,30?,31?,32+/m0/s1. The van der Waals surface area contributed by atoms with Crippen LogP contribution in [0.5, 0.6) is 0 Å². The number of benzene rings is 1. The molecular weight excluding hydrogens is 540 g/mol. The van der Waals surface area contributed by atoms with E-state index >= 15 is 0 Å². The number of allylic oxidation sites excluding steroid dienone is 4. The fraction of sp³-hybridized carbons (Fsp3) is 0.562. The number of amides is 1. The Kier molecular flexibility index (Phi) is 5.89. The molecule has 2 aromatic rings. The van der Waals surface area contributed by atoms with Gasteiger partial charge in [-0.3, -0.25) is 14.4 Å². The molecule has 7 rings (SSSR count). The Morgan fingerprint density at radius 2 is 2.02 bits per heavy atom. The lowest BCUT2D eigenvalue weighted by Crippen LogP contribution is -2.64. The van der Waals surface area contributed by atoms with Crippen molar-refractivity contribution in [3.05, 3.63) is 53.1 Å². The monoisotopic (exact) mass is 576 g/mol. The van der Waals surface area contributed by atoms with Crippen molar-refractivity contribution in [1.82, 2.24) is 10.3 Å². The van der Waals surface area contributed by atoms with Gasteiger partial charge >= 0.3 is 0 Å². The van der Waals surface area contributed by atoms with Gasteiger partial charge in [0.05, 0.1) is 34.5 Å². The van der Waals surface area contributed by atoms with Crippen molar-refractivity contribution in [3.63, 3.8) is 0 Å². The normalized spacial score (nSPS) is 40.4. The van der Waals surface area contributed by atoms with Gasteiger partial charge in [-0.15, -0.1) is 11.3 Å². The van der Waals surface area contributed by atoms with E-state index in [9.17, 15) is 19.5 Å². The lowest BCUT2D eigenvalue weighted by Gasteiger charge is -2.60. The number of thiazole rings is 1. The molecule has 8 nitrogen and oxygen atoms in total. The zero-order valence-electron chi connectivity index (χ0n) is 23.8. The summed E-state index contributed by atoms with van der Waals surface area (Å²) in [6.07, 6.45) is 6.83. The van der Waals surface area contributed by atoms with Crippen molar-refractivity contribution in [2.45, 2.75) is 77.0 Å². The number of aliphatic hydroxyl groups excluding tert-OH is 1. The lowest BCUT2D eigenvalue weighted by molar-refractivity contribution is -0.224. The minimum Gasteiger partial charge on any atom is -0.393 e. The SMILES string of the molecule is CC1(C)O[C@H]2CC3C4CCC5=CC(=O)C=CC5(C)C4[C@@H](O)CC3(C)[C@]2(C(=O)CNC(=O)c2ccc3ncsc3c2)O1. The Morgan fingerprint density at radius 1 is 1.22 bits per heavy atom. The van der Waals surface area contributed by atoms with Crippen LogP contribution in [0.2, 0.25) is 0 Å². The Labute approximate surface area is 243 Å². The van der Waals surface area contributed by atoms with Crippen LogP contribution in [-0.2, 0) is 19.1 Å². The molecule has 3 saturated carbocycles. The average Bonchev–Trinajstić information content (AvgIpc) is 3.56. The Hall–Kier alpha value is -2.72. The summed E-state index contributed by atoms with van der Waals surface area (Å²) in [5.41, 5.74) is 1.74. The van der Waals surface area contributed by atoms with E-state index in [2.05, 4.69) is 24.1 Å². The molecule has 1 saturated heterocycles. The topological polar surface area (TPSA) is 115 Å². The molecule has 1 aromatic carbocycles. The van der Waals surface area contributed by atoms with Crippen LogP contribution in [0.15, 0.2) is 47.5 Å². The molecule has 5 unspecified atom stereocenters. The van der Waals surface area contributed by atoms with E-state index in [1.165, 1.54) is 11.3 Å². The largest absolute Gasteiger partial charge is 0.393 e. The van der Waals surface area contributed by atoms with E-state index in [1.54, 1.807) is 35.9 Å². The predicted molar refractivity (Wildman–Crippen MR) is 153 cm³/mol. The van der Waals surface area contributed by atoms with Gasteiger partial charge in [0.2, 0.25) is 0 Å². The number of hydrogen-bond donors (Lipinski definition) is 2. The quantitative estimate of drug-likeness (QED) is 0.555. The average molecular weight is 577 g/mol. The third-order valence-electron chi connectivity index (χ3n) is 10.9. The van der Waals surface area contributed by atoms with E-state index in [1.807, 2.05) is 19.9 Å². The first kappa shape index (κ1) is 27.1. The van der Waals surface area contributed by atoms with Gasteiger partial charge in [0.25, 0.3) is 5.91 Å². The molecule has 2 N–H and O–H groups in total. The number of rotatable bonds is 4. The molecule has 1 amide bonds. The summed E-state index contributed by atoms with van der Waals surface area (Å²) in [7, 11) is 0. The molecular formula is C32H36N2O6S. The van der Waals surface area contributed by atoms with Crippen molar-refractivity contribution in [1.29, 1.82) is 0 Å². The van der Waals surface area contributed by atoms with Crippen LogP contribution in [0, 0.1) is 28.6 Å². The highest BCUT2D eigenvalue weighted by molar-refractivity contribution is 7.16. The van der Waals surface area contributed by atoms with Crippen LogP contribution in [0.3, 0.4) is 0 Å². The number of ether oxygens (including phenoxy) is 2. The van der Waals surface area contributed by atoms with Crippen LogP contribution in [-0.4, -0.2) is 57.7 Å². The highest BCUT2D eigenvalue weighted by Gasteiger charge is 2.76. The number of aliphatic hydroxyl groups is 1. The number of carbonyl (C=O) groups is 3. The van der Waals surface area contributed by atoms with Gasteiger partial charge < -0.3 is 19.9 Å². The minimum atomic E-state index is -1.29. The maximum atomic E-state index is 14.3. The number of nitrogens with one attached hydrogen (secondary N) is 1. The van der Waals surface area contributed by atoms with Gasteiger partial charge in [-0.2, -0.15) is 0 Å². The molecule has 4 fully saturated rings. The van der Waals surface area contributed by atoms with E-state index in [-0.39, 0.29) is 41.8 Å². The van der Waals surface area contributed by atoms with Crippen molar-refractivity contribution < 1.29 is 29.0 Å². The van der Waals surface area contributed by atoms with Crippen molar-refractivity contribution in [2.75, 3.05) is 6.54 Å². The summed E-state index contributed by atoms with van der Waals surface area (Å²) in [4.78, 5) is 43.9. The van der Waals surface area contributed by atoms with Crippen LogP contribution in [0.25, 0.3) is 10.2 Å². The predicted octanol–water partition coefficient (Wildman–Crippen LogP) is 4.37. The summed E-state index contributed by atoms with van der Waals surface area (Å²) in [5, 5.41) is 14.7. The smallest absolute Gasteiger partial charge is 0.251 e. The second-order valence-electron chi connectivity index (χ2n) is 13.4. The Balaban J connectivity index is 1.19. The highest BCUT2D eigenvalue weighted by atomic mass is 32.1. The first-order valence-electron chi connectivity index (χ1n) is 14.5. The van der Waals surface area contributed by atoms with Gasteiger partial charge in [0, 0.05) is 22.3 Å². The molecule has 41 heavy (non-hydrogen) atoms. The van der Waals surface area contributed by atoms with E-state index in [0.717, 1.165) is 28.6 Å². The number of hydrogen-bond acceptors (Lipinski definition) is 8. The Morgan fingerprint density at radius 3 is 2.83 bits per heavy atom. The molecule has 1 aromatic heterocycles. The van der Waals surface area contributed by atoms with Crippen LogP contribution in [0.4, 0.5) is 0 Å². The number of aromatic nitrogens is 1. The second kappa shape index (κ2) is 8.89. The second-order valence-corrected chi connectivity index (χ2v) is 14.3. The van der Waals surface area contributed by atoms with Gasteiger partial charge in [0.1, 0.15) is 0 Å². The van der Waals surface area contributed by atoms with E-state index in [4.69, 9.17) is 9.47 Å². The number of carbonyl (C=O) groups excluding carboxylic acids is 3. The molecule has 2 heterocycles. The van der Waals surface area contributed by atoms with Crippen LogP contribution >= 0.6 is 11.3 Å². The van der Waals surface area contributed by atoms with Gasteiger partial charge in [-0.05, 0) is 81.7 Å². The summed E-state index contributed by atoms with van der Waals surface area (Å²) in [6, 6.07) is 5.31. The maximum absolute atomic E-state index is 14.3. The molecule has 0 radical (unpaired) electrons. The Bertz CT molecular complexity index is 1540. The van der Waals surface area contributed by atoms with E-state index in [0.29, 0.717) is 18.4 Å². The summed E-state index contributed by atoms with van der Waals surface area (Å²) < 4.78 is 14.0. The van der Waals surface area contributed by atoms with Gasteiger partial charge in [-0.1, -0.05) is 25.5 Å². The fourth-order valence-electron chi connectivity index (χ4n) is 9.31. The first-order chi connectivity index (χ1) is 19.4. The first-order valence-corrected chi connectivity index (χ1v) is 15.4. The molecule has 8 atom stereocenters. The molecule has 5 aliphatic rings. The number of fused-ring (bicyclic) bond motifs is 8. The molecule has 216 valence electrons. The van der Waals surface area contributed by atoms with Crippen LogP contribution < -0.4 is 5.32 Å². The van der Waals surface area contributed by atoms with Crippen molar-refractivity contribution in [3.8, 4) is 0 Å². The number of nitrogens with zero attached hydrogens (tertiary/aromatic N) is 1. The lowest BCUT2D eigenvalue weighted by atomic mass is 9.46. The fourth-order valence-corrected chi connectivity index (χ4v) is 10.0. The van der Waals surface area contributed by atoms with Gasteiger partial charge in [0.15, 0.2) is 23.0 Å². The third-order valence-corrected chi connectivity index (χ3v) is 11.7. The maximum Gasteiger partial charge on any atom is 0.251 e. The summed E-state index contributed by atoms with van der Waals surface area (Å²) in [5.74, 6) is -1.37. The van der Waals surface area contributed by atoms with Crippen molar-refractivity contribution in [2.24, 2.45) is 28.6 Å². The zero-order chi connectivity index (χ0) is 28.9. The molecule has 0 spiro atoms.